The third kappa shape index (κ3) is 1.28. The lowest BCUT2D eigenvalue weighted by atomic mass is 10.2. The molecule has 3 heteroatoms. The van der Waals surface area contributed by atoms with E-state index in [-0.39, 0.29) is 0 Å². The number of aryl methyl sites for hydroxylation is 1. The van der Waals surface area contributed by atoms with Gasteiger partial charge in [-0.15, -0.1) is 0 Å². The smallest absolute Gasteiger partial charge is 0.201 e. The summed E-state index contributed by atoms with van der Waals surface area (Å²) in [6.07, 6.45) is 1.75. The Labute approximate surface area is 77.6 Å². The van der Waals surface area contributed by atoms with Gasteiger partial charge in [0.25, 0.3) is 0 Å². The molecule has 1 aliphatic heterocycles. The van der Waals surface area contributed by atoms with E-state index in [9.17, 15) is 0 Å². The van der Waals surface area contributed by atoms with Crippen LogP contribution in [-0.2, 0) is 0 Å². The Morgan fingerprint density at radius 1 is 1.46 bits per heavy atom. The second kappa shape index (κ2) is 2.94. The maximum atomic E-state index is 4.00. The van der Waals surface area contributed by atoms with Crippen molar-refractivity contribution in [3.05, 3.63) is 36.5 Å². The summed E-state index contributed by atoms with van der Waals surface area (Å²) in [4.78, 5) is 4.00. The van der Waals surface area contributed by atoms with Gasteiger partial charge < -0.3 is 0 Å². The molecule has 0 saturated heterocycles. The maximum Gasteiger partial charge on any atom is 0.201 e. The molecule has 0 saturated carbocycles. The molecule has 1 heterocycles. The highest BCUT2D eigenvalue weighted by molar-refractivity contribution is 5.79. The fourth-order valence-corrected chi connectivity index (χ4v) is 1.31. The first-order chi connectivity index (χ1) is 6.29. The van der Waals surface area contributed by atoms with Gasteiger partial charge in [0.15, 0.2) is 0 Å². The van der Waals surface area contributed by atoms with Crippen molar-refractivity contribution in [3.63, 3.8) is 0 Å². The minimum absolute atomic E-state index is 1.11. The highest BCUT2D eigenvalue weighted by Crippen LogP contribution is 2.20. The number of hydrazone groups is 1. The summed E-state index contributed by atoms with van der Waals surface area (Å²) in [6.45, 7) is 7.55. The molecule has 3 nitrogen and oxygen atoms in total. The number of rotatable bonds is 1. The van der Waals surface area contributed by atoms with Gasteiger partial charge >= 0.3 is 0 Å². The van der Waals surface area contributed by atoms with E-state index in [0.29, 0.717) is 0 Å². The zero-order valence-electron chi connectivity index (χ0n) is 7.51. The van der Waals surface area contributed by atoms with Crippen LogP contribution in [0.2, 0.25) is 0 Å². The number of para-hydroxylation sites is 1. The molecule has 66 valence electrons. The van der Waals surface area contributed by atoms with Gasteiger partial charge in [0.2, 0.25) is 6.67 Å². The molecule has 1 aromatic rings. The van der Waals surface area contributed by atoms with Gasteiger partial charge in [-0.25, -0.2) is 9.69 Å². The summed E-state index contributed by atoms with van der Waals surface area (Å²) in [5.74, 6) is 0. The second-order valence-corrected chi connectivity index (χ2v) is 2.95. The van der Waals surface area contributed by atoms with Crippen LogP contribution in [0.4, 0.5) is 5.69 Å². The van der Waals surface area contributed by atoms with E-state index < -0.39 is 0 Å². The van der Waals surface area contributed by atoms with Gasteiger partial charge in [-0.1, -0.05) is 18.2 Å². The van der Waals surface area contributed by atoms with Crippen LogP contribution in [0.3, 0.4) is 0 Å². The van der Waals surface area contributed by atoms with Crippen molar-refractivity contribution in [3.8, 4) is 0 Å². The Morgan fingerprint density at radius 2 is 2.23 bits per heavy atom. The molecule has 0 amide bonds. The van der Waals surface area contributed by atoms with Gasteiger partial charge in [0, 0.05) is 0 Å². The van der Waals surface area contributed by atoms with E-state index in [4.69, 9.17) is 0 Å². The number of hydrogen-bond donors (Lipinski definition) is 0. The molecule has 1 aromatic carbocycles. The average molecular weight is 173 g/mol. The number of aliphatic imine (C=N–C) groups is 1. The normalized spacial score (nSPS) is 14.8. The first-order valence-corrected chi connectivity index (χ1v) is 4.10. The Morgan fingerprint density at radius 3 is 2.85 bits per heavy atom. The van der Waals surface area contributed by atoms with Crippen molar-refractivity contribution >= 4 is 18.7 Å². The molecule has 0 bridgehead atoms. The number of anilines is 1. The maximum absolute atomic E-state index is 4.00. The SMILES string of the molecule is C=[N+]1[CH-]N=CN1c1ccccc1C. The predicted molar refractivity (Wildman–Crippen MR) is 53.8 cm³/mol. The van der Waals surface area contributed by atoms with Crippen molar-refractivity contribution in [2.24, 2.45) is 4.99 Å². The Balaban J connectivity index is 2.40. The molecule has 1 aliphatic rings. The molecule has 0 N–H and O–H groups in total. The number of hydrogen-bond acceptors (Lipinski definition) is 2. The molecule has 0 radical (unpaired) electrons. The van der Waals surface area contributed by atoms with Crippen LogP contribution in [0.25, 0.3) is 0 Å². The number of benzene rings is 1. The zero-order valence-corrected chi connectivity index (χ0v) is 7.51. The van der Waals surface area contributed by atoms with Crippen LogP contribution >= 0.6 is 0 Å². The van der Waals surface area contributed by atoms with E-state index in [0.717, 1.165) is 5.69 Å². The zero-order chi connectivity index (χ0) is 9.26. The van der Waals surface area contributed by atoms with Crippen LogP contribution in [0.5, 0.6) is 0 Å². The van der Waals surface area contributed by atoms with E-state index in [1.165, 1.54) is 5.56 Å². The highest BCUT2D eigenvalue weighted by atomic mass is 15.6. The van der Waals surface area contributed by atoms with Crippen molar-refractivity contribution < 1.29 is 4.68 Å². The van der Waals surface area contributed by atoms with Crippen LogP contribution in [-0.4, -0.2) is 17.7 Å². The van der Waals surface area contributed by atoms with Crippen LogP contribution < -0.4 is 5.01 Å². The molecule has 13 heavy (non-hydrogen) atoms. The van der Waals surface area contributed by atoms with E-state index in [1.807, 2.05) is 23.2 Å². The third-order valence-electron chi connectivity index (χ3n) is 2.02. The summed E-state index contributed by atoms with van der Waals surface area (Å²) in [5, 5.41) is 1.90. The third-order valence-corrected chi connectivity index (χ3v) is 2.02. The van der Waals surface area contributed by atoms with Gasteiger partial charge in [-0.05, 0) is 25.3 Å². The number of hydrazine groups is 1. The summed E-state index contributed by atoms with van der Waals surface area (Å²) in [6, 6.07) is 8.12. The van der Waals surface area contributed by atoms with Crippen molar-refractivity contribution in [1.82, 2.24) is 0 Å². The average Bonchev–Trinajstić information content (AvgIpc) is 2.52. The molecule has 2 rings (SSSR count). The standard InChI is InChI=1S/C10H11N3/c1-9-5-3-4-6-10(9)13-8-11-7-12(13)2/h3-8H,2H2,1H3. The lowest BCUT2D eigenvalue weighted by Crippen LogP contribution is -2.26. The molecular weight excluding hydrogens is 162 g/mol. The quantitative estimate of drug-likeness (QED) is 0.466. The van der Waals surface area contributed by atoms with Crippen LogP contribution in [0.1, 0.15) is 5.56 Å². The fraction of sp³-hybridized carbons (Fsp3) is 0.100. The van der Waals surface area contributed by atoms with E-state index >= 15 is 0 Å². The molecule has 0 spiro atoms. The Kier molecular flexibility index (Phi) is 1.77. The lowest BCUT2D eigenvalue weighted by Gasteiger charge is -2.18. The summed E-state index contributed by atoms with van der Waals surface area (Å²) < 4.78 is 1.70. The minimum atomic E-state index is 1.11. The largest absolute Gasteiger partial charge is 0.247 e. The summed E-state index contributed by atoms with van der Waals surface area (Å²) in [7, 11) is 0. The first kappa shape index (κ1) is 7.86. The topological polar surface area (TPSA) is 18.6 Å². The molecule has 0 unspecified atom stereocenters. The Hall–Kier alpha value is -1.77. The molecule has 0 aromatic heterocycles. The van der Waals surface area contributed by atoms with Gasteiger partial charge in [0.05, 0.1) is 5.69 Å². The highest BCUT2D eigenvalue weighted by Gasteiger charge is 2.13. The predicted octanol–water partition coefficient (Wildman–Crippen LogP) is 1.59. The van der Waals surface area contributed by atoms with E-state index in [1.54, 1.807) is 17.7 Å². The second-order valence-electron chi connectivity index (χ2n) is 2.95. The van der Waals surface area contributed by atoms with Crippen molar-refractivity contribution in [1.29, 1.82) is 0 Å². The van der Waals surface area contributed by atoms with Crippen molar-refractivity contribution in [2.75, 3.05) is 5.01 Å². The molecule has 0 fully saturated rings. The molecule has 0 aliphatic carbocycles. The summed E-state index contributed by atoms with van der Waals surface area (Å²) >= 11 is 0. The van der Waals surface area contributed by atoms with Crippen LogP contribution in [0.15, 0.2) is 29.3 Å². The Bertz CT molecular complexity index is 368. The monoisotopic (exact) mass is 173 g/mol. The van der Waals surface area contributed by atoms with Gasteiger partial charge in [-0.2, -0.15) is 4.99 Å². The first-order valence-electron chi connectivity index (χ1n) is 4.10. The fourth-order valence-electron chi connectivity index (χ4n) is 1.31. The summed E-state index contributed by atoms with van der Waals surface area (Å²) in [5.41, 5.74) is 2.31. The van der Waals surface area contributed by atoms with E-state index in [2.05, 4.69) is 24.7 Å². The van der Waals surface area contributed by atoms with Gasteiger partial charge in [0.1, 0.15) is 6.34 Å². The van der Waals surface area contributed by atoms with Gasteiger partial charge in [-0.3, -0.25) is 0 Å². The minimum Gasteiger partial charge on any atom is -0.247 e. The molecular formula is C10H11N3. The lowest BCUT2D eigenvalue weighted by molar-refractivity contribution is -0.469. The molecule has 0 atom stereocenters. The number of nitrogens with zero attached hydrogens (tertiary/aromatic N) is 3. The van der Waals surface area contributed by atoms with Crippen molar-refractivity contribution in [2.45, 2.75) is 6.92 Å². The van der Waals surface area contributed by atoms with Crippen LogP contribution in [0, 0.1) is 13.6 Å².